The lowest BCUT2D eigenvalue weighted by atomic mass is 10.0. The van der Waals surface area contributed by atoms with E-state index >= 15 is 0 Å². The van der Waals surface area contributed by atoms with Gasteiger partial charge in [-0.3, -0.25) is 4.79 Å². The lowest BCUT2D eigenvalue weighted by Gasteiger charge is -2.06. The topological polar surface area (TPSA) is 52.9 Å². The van der Waals surface area contributed by atoms with E-state index in [0.717, 1.165) is 16.8 Å². The molecular weight excluding hydrogens is 224 g/mol. The molecule has 18 heavy (non-hydrogen) atoms. The quantitative estimate of drug-likeness (QED) is 0.870. The molecule has 0 fully saturated rings. The van der Waals surface area contributed by atoms with E-state index in [2.05, 4.69) is 11.4 Å². The van der Waals surface area contributed by atoms with Crippen LogP contribution in [0.2, 0.25) is 0 Å². The predicted molar refractivity (Wildman–Crippen MR) is 70.9 cm³/mol. The number of rotatable bonds is 2. The third-order valence-corrected chi connectivity index (χ3v) is 2.53. The van der Waals surface area contributed by atoms with Crippen molar-refractivity contribution in [2.45, 2.75) is 6.92 Å². The van der Waals surface area contributed by atoms with Gasteiger partial charge in [0.25, 0.3) is 0 Å². The zero-order valence-corrected chi connectivity index (χ0v) is 9.97. The summed E-state index contributed by atoms with van der Waals surface area (Å²) in [7, 11) is 0. The van der Waals surface area contributed by atoms with Crippen molar-refractivity contribution in [1.29, 1.82) is 5.26 Å². The van der Waals surface area contributed by atoms with E-state index in [0.29, 0.717) is 5.56 Å². The van der Waals surface area contributed by atoms with Crippen LogP contribution in [0.1, 0.15) is 12.5 Å². The average molecular weight is 236 g/mol. The Hall–Kier alpha value is -2.60. The first-order chi connectivity index (χ1) is 8.69. The van der Waals surface area contributed by atoms with Gasteiger partial charge in [0.1, 0.15) is 0 Å². The molecule has 88 valence electrons. The van der Waals surface area contributed by atoms with Gasteiger partial charge in [-0.05, 0) is 35.4 Å². The number of nitrogens with one attached hydrogen (secondary N) is 1. The molecule has 0 saturated carbocycles. The van der Waals surface area contributed by atoms with E-state index in [1.165, 1.54) is 6.92 Å². The number of hydrogen-bond acceptors (Lipinski definition) is 2. The Morgan fingerprint density at radius 1 is 1.11 bits per heavy atom. The SMILES string of the molecule is CC(=O)Nc1cccc(-c2ccc(C#N)cc2)c1. The second kappa shape index (κ2) is 5.15. The van der Waals surface area contributed by atoms with Crippen LogP contribution in [0.15, 0.2) is 48.5 Å². The van der Waals surface area contributed by atoms with Crippen LogP contribution in [0, 0.1) is 11.3 Å². The number of benzene rings is 2. The van der Waals surface area contributed by atoms with Gasteiger partial charge in [0.05, 0.1) is 11.6 Å². The van der Waals surface area contributed by atoms with Crippen LogP contribution in [0.4, 0.5) is 5.69 Å². The zero-order chi connectivity index (χ0) is 13.0. The summed E-state index contributed by atoms with van der Waals surface area (Å²) in [6.07, 6.45) is 0. The lowest BCUT2D eigenvalue weighted by Crippen LogP contribution is -2.05. The molecule has 0 heterocycles. The molecule has 0 aromatic heterocycles. The largest absolute Gasteiger partial charge is 0.326 e. The molecular formula is C15H12N2O. The summed E-state index contributed by atoms with van der Waals surface area (Å²) >= 11 is 0. The monoisotopic (exact) mass is 236 g/mol. The van der Waals surface area contributed by atoms with Crippen LogP contribution >= 0.6 is 0 Å². The van der Waals surface area contributed by atoms with Crippen LogP contribution in [-0.2, 0) is 4.79 Å². The van der Waals surface area contributed by atoms with Crippen LogP contribution < -0.4 is 5.32 Å². The molecule has 0 aliphatic carbocycles. The van der Waals surface area contributed by atoms with Crippen molar-refractivity contribution in [3.63, 3.8) is 0 Å². The maximum absolute atomic E-state index is 11.0. The Morgan fingerprint density at radius 3 is 2.44 bits per heavy atom. The minimum atomic E-state index is -0.0908. The maximum Gasteiger partial charge on any atom is 0.221 e. The lowest BCUT2D eigenvalue weighted by molar-refractivity contribution is -0.114. The van der Waals surface area contributed by atoms with E-state index in [9.17, 15) is 4.79 Å². The third kappa shape index (κ3) is 2.74. The van der Waals surface area contributed by atoms with Crippen molar-refractivity contribution in [3.8, 4) is 17.2 Å². The summed E-state index contributed by atoms with van der Waals surface area (Å²) in [5.41, 5.74) is 3.42. The van der Waals surface area contributed by atoms with Crippen molar-refractivity contribution in [1.82, 2.24) is 0 Å². The molecule has 0 aliphatic heterocycles. The molecule has 0 saturated heterocycles. The van der Waals surface area contributed by atoms with E-state index in [4.69, 9.17) is 5.26 Å². The first kappa shape index (κ1) is 11.9. The van der Waals surface area contributed by atoms with E-state index in [-0.39, 0.29) is 5.91 Å². The first-order valence-electron chi connectivity index (χ1n) is 5.57. The maximum atomic E-state index is 11.0. The van der Waals surface area contributed by atoms with Gasteiger partial charge in [0, 0.05) is 12.6 Å². The van der Waals surface area contributed by atoms with Crippen molar-refractivity contribution < 1.29 is 4.79 Å². The standard InChI is InChI=1S/C15H12N2O/c1-11(18)17-15-4-2-3-14(9-15)13-7-5-12(10-16)6-8-13/h2-9H,1H3,(H,17,18). The number of carbonyl (C=O) groups is 1. The summed E-state index contributed by atoms with van der Waals surface area (Å²) in [6, 6.07) is 17.0. The average Bonchev–Trinajstić information content (AvgIpc) is 2.38. The highest BCUT2D eigenvalue weighted by Gasteiger charge is 2.00. The molecule has 0 unspecified atom stereocenters. The molecule has 1 amide bonds. The molecule has 3 nitrogen and oxygen atoms in total. The summed E-state index contributed by atoms with van der Waals surface area (Å²) < 4.78 is 0. The highest BCUT2D eigenvalue weighted by molar-refractivity contribution is 5.89. The van der Waals surface area contributed by atoms with Crippen molar-refractivity contribution in [2.24, 2.45) is 0 Å². The number of nitriles is 1. The number of hydrogen-bond donors (Lipinski definition) is 1. The van der Waals surface area contributed by atoms with Crippen molar-refractivity contribution >= 4 is 11.6 Å². The molecule has 3 heteroatoms. The van der Waals surface area contributed by atoms with Gasteiger partial charge in [-0.1, -0.05) is 24.3 Å². The number of carbonyl (C=O) groups excluding carboxylic acids is 1. The predicted octanol–water partition coefficient (Wildman–Crippen LogP) is 3.18. The van der Waals surface area contributed by atoms with Crippen LogP contribution in [0.25, 0.3) is 11.1 Å². The molecule has 0 atom stereocenters. The molecule has 0 radical (unpaired) electrons. The smallest absolute Gasteiger partial charge is 0.221 e. The van der Waals surface area contributed by atoms with Crippen molar-refractivity contribution in [2.75, 3.05) is 5.32 Å². The fourth-order valence-electron chi connectivity index (χ4n) is 1.72. The van der Waals surface area contributed by atoms with Crippen LogP contribution in [0.3, 0.4) is 0 Å². The van der Waals surface area contributed by atoms with E-state index in [1.807, 2.05) is 36.4 Å². The van der Waals surface area contributed by atoms with Gasteiger partial charge >= 0.3 is 0 Å². The van der Waals surface area contributed by atoms with E-state index in [1.54, 1.807) is 12.1 Å². The Kier molecular flexibility index (Phi) is 3.40. The Labute approximate surface area is 106 Å². The Bertz CT molecular complexity index is 609. The second-order valence-corrected chi connectivity index (χ2v) is 3.95. The van der Waals surface area contributed by atoms with Gasteiger partial charge in [-0.2, -0.15) is 5.26 Å². The summed E-state index contributed by atoms with van der Waals surface area (Å²) in [5.74, 6) is -0.0908. The van der Waals surface area contributed by atoms with Gasteiger partial charge in [0.15, 0.2) is 0 Å². The molecule has 0 spiro atoms. The van der Waals surface area contributed by atoms with Gasteiger partial charge < -0.3 is 5.32 Å². The van der Waals surface area contributed by atoms with E-state index < -0.39 is 0 Å². The highest BCUT2D eigenvalue weighted by Crippen LogP contribution is 2.22. The highest BCUT2D eigenvalue weighted by atomic mass is 16.1. The normalized spacial score (nSPS) is 9.56. The fourth-order valence-corrected chi connectivity index (χ4v) is 1.72. The minimum Gasteiger partial charge on any atom is -0.326 e. The van der Waals surface area contributed by atoms with Crippen LogP contribution in [0.5, 0.6) is 0 Å². The third-order valence-electron chi connectivity index (χ3n) is 2.53. The van der Waals surface area contributed by atoms with Crippen molar-refractivity contribution in [3.05, 3.63) is 54.1 Å². The number of amides is 1. The first-order valence-corrected chi connectivity index (χ1v) is 5.57. The number of anilines is 1. The summed E-state index contributed by atoms with van der Waals surface area (Å²) in [5, 5.41) is 11.5. The molecule has 0 bridgehead atoms. The van der Waals surface area contributed by atoms with Gasteiger partial charge in [0.2, 0.25) is 5.91 Å². The van der Waals surface area contributed by atoms with Gasteiger partial charge in [-0.15, -0.1) is 0 Å². The molecule has 2 rings (SSSR count). The van der Waals surface area contributed by atoms with Gasteiger partial charge in [-0.25, -0.2) is 0 Å². The fraction of sp³-hybridized carbons (Fsp3) is 0.0667. The molecule has 2 aromatic carbocycles. The van der Waals surface area contributed by atoms with Crippen LogP contribution in [-0.4, -0.2) is 5.91 Å². The molecule has 1 N–H and O–H groups in total. The Balaban J connectivity index is 2.32. The zero-order valence-electron chi connectivity index (χ0n) is 9.97. The minimum absolute atomic E-state index is 0.0908. The molecule has 2 aromatic rings. The second-order valence-electron chi connectivity index (χ2n) is 3.95. The number of nitrogens with zero attached hydrogens (tertiary/aromatic N) is 1. The molecule has 0 aliphatic rings. The summed E-state index contributed by atoms with van der Waals surface area (Å²) in [6.45, 7) is 1.48. The summed E-state index contributed by atoms with van der Waals surface area (Å²) in [4.78, 5) is 11.0. The Morgan fingerprint density at radius 2 is 1.83 bits per heavy atom.